The molecule has 1 aromatic carbocycles. The molecule has 1 atom stereocenters. The van der Waals surface area contributed by atoms with Gasteiger partial charge in [-0.15, -0.1) is 0 Å². The summed E-state index contributed by atoms with van der Waals surface area (Å²) in [6.07, 6.45) is 0. The third-order valence-corrected chi connectivity index (χ3v) is 2.55. The summed E-state index contributed by atoms with van der Waals surface area (Å²) in [7, 11) is 0. The average molecular weight is 205 g/mol. The lowest BCUT2D eigenvalue weighted by atomic mass is 10.0. The Morgan fingerprint density at radius 3 is 2.53 bits per heavy atom. The van der Waals surface area contributed by atoms with Crippen molar-refractivity contribution in [2.24, 2.45) is 11.5 Å². The van der Waals surface area contributed by atoms with Crippen LogP contribution in [0.4, 0.5) is 4.79 Å². The van der Waals surface area contributed by atoms with Gasteiger partial charge in [-0.3, -0.25) is 4.79 Å². The predicted octanol–water partition coefficient (Wildman–Crippen LogP) is 0.107. The largest absolute Gasteiger partial charge is 0.368 e. The van der Waals surface area contributed by atoms with E-state index >= 15 is 0 Å². The van der Waals surface area contributed by atoms with Gasteiger partial charge in [0.2, 0.25) is 5.91 Å². The van der Waals surface area contributed by atoms with Gasteiger partial charge in [-0.2, -0.15) is 0 Å². The van der Waals surface area contributed by atoms with Crippen LogP contribution >= 0.6 is 0 Å². The van der Waals surface area contributed by atoms with Gasteiger partial charge in [0.1, 0.15) is 6.04 Å². The van der Waals surface area contributed by atoms with E-state index in [0.717, 1.165) is 11.1 Å². The average Bonchev–Trinajstić information content (AvgIpc) is 2.56. The van der Waals surface area contributed by atoms with E-state index in [2.05, 4.69) is 0 Å². The van der Waals surface area contributed by atoms with Gasteiger partial charge < -0.3 is 16.4 Å². The first kappa shape index (κ1) is 9.51. The molecule has 5 nitrogen and oxygen atoms in total. The summed E-state index contributed by atoms with van der Waals surface area (Å²) in [5, 5.41) is 0. The Bertz CT molecular complexity index is 430. The van der Waals surface area contributed by atoms with E-state index in [-0.39, 0.29) is 0 Å². The number of fused-ring (bicyclic) bond motifs is 1. The lowest BCUT2D eigenvalue weighted by Crippen LogP contribution is -2.40. The zero-order valence-electron chi connectivity index (χ0n) is 8.01. The maximum atomic E-state index is 11.3. The second-order valence-electron chi connectivity index (χ2n) is 3.47. The molecule has 1 aromatic rings. The van der Waals surface area contributed by atoms with Crippen LogP contribution in [0.5, 0.6) is 0 Å². The number of urea groups is 1. The van der Waals surface area contributed by atoms with Gasteiger partial charge >= 0.3 is 6.03 Å². The lowest BCUT2D eigenvalue weighted by molar-refractivity contribution is -0.122. The molecular weight excluding hydrogens is 194 g/mol. The van der Waals surface area contributed by atoms with Crippen molar-refractivity contribution in [2.75, 3.05) is 0 Å². The van der Waals surface area contributed by atoms with E-state index in [1.807, 2.05) is 12.1 Å². The van der Waals surface area contributed by atoms with Crippen molar-refractivity contribution in [3.05, 3.63) is 35.4 Å². The highest BCUT2D eigenvalue weighted by molar-refractivity contribution is 5.88. The van der Waals surface area contributed by atoms with E-state index < -0.39 is 18.0 Å². The molecule has 0 saturated heterocycles. The fraction of sp³-hybridized carbons (Fsp3) is 0.200. The monoisotopic (exact) mass is 205 g/mol. The maximum absolute atomic E-state index is 11.3. The summed E-state index contributed by atoms with van der Waals surface area (Å²) in [6.45, 7) is 0.346. The normalized spacial score (nSPS) is 18.7. The highest BCUT2D eigenvalue weighted by atomic mass is 16.2. The Morgan fingerprint density at radius 1 is 1.27 bits per heavy atom. The van der Waals surface area contributed by atoms with Gasteiger partial charge in [0.25, 0.3) is 0 Å². The van der Waals surface area contributed by atoms with E-state index in [1.54, 1.807) is 12.1 Å². The summed E-state index contributed by atoms with van der Waals surface area (Å²) < 4.78 is 0. The van der Waals surface area contributed by atoms with Crippen molar-refractivity contribution >= 4 is 11.9 Å². The first-order valence-corrected chi connectivity index (χ1v) is 4.54. The molecule has 0 fully saturated rings. The number of carbonyl (C=O) groups excluding carboxylic acids is 2. The Morgan fingerprint density at radius 2 is 1.93 bits per heavy atom. The predicted molar refractivity (Wildman–Crippen MR) is 53.5 cm³/mol. The molecule has 15 heavy (non-hydrogen) atoms. The second-order valence-corrected chi connectivity index (χ2v) is 3.47. The van der Waals surface area contributed by atoms with Crippen LogP contribution in [0.2, 0.25) is 0 Å². The first-order chi connectivity index (χ1) is 7.11. The van der Waals surface area contributed by atoms with Crippen molar-refractivity contribution in [3.8, 4) is 0 Å². The zero-order chi connectivity index (χ0) is 11.0. The Kier molecular flexibility index (Phi) is 2.07. The summed E-state index contributed by atoms with van der Waals surface area (Å²) in [5.74, 6) is -0.557. The van der Waals surface area contributed by atoms with Gasteiger partial charge in [-0.1, -0.05) is 24.3 Å². The third-order valence-electron chi connectivity index (χ3n) is 2.55. The van der Waals surface area contributed by atoms with Crippen molar-refractivity contribution < 1.29 is 9.59 Å². The third kappa shape index (κ3) is 1.41. The van der Waals surface area contributed by atoms with Crippen LogP contribution < -0.4 is 11.5 Å². The molecule has 1 aliphatic rings. The molecule has 3 amide bonds. The van der Waals surface area contributed by atoms with Crippen LogP contribution in [0.3, 0.4) is 0 Å². The molecular formula is C10H11N3O2. The van der Waals surface area contributed by atoms with Gasteiger partial charge in [0, 0.05) is 6.54 Å². The molecule has 1 unspecified atom stereocenters. The molecule has 0 spiro atoms. The first-order valence-electron chi connectivity index (χ1n) is 4.54. The van der Waals surface area contributed by atoms with Crippen LogP contribution in [-0.2, 0) is 11.3 Å². The molecule has 2 rings (SSSR count). The molecule has 0 bridgehead atoms. The Hall–Kier alpha value is -2.04. The van der Waals surface area contributed by atoms with Crippen LogP contribution in [0, 0.1) is 0 Å². The molecule has 0 aromatic heterocycles. The van der Waals surface area contributed by atoms with E-state index in [9.17, 15) is 9.59 Å². The standard InChI is InChI=1S/C10H11N3O2/c11-9(14)8-7-4-2-1-3-6(7)5-13(8)10(12)15/h1-4,8H,5H2,(H2,11,14)(H2,12,15). The van der Waals surface area contributed by atoms with Crippen molar-refractivity contribution in [3.63, 3.8) is 0 Å². The maximum Gasteiger partial charge on any atom is 0.316 e. The molecule has 0 aliphatic carbocycles. The Labute approximate surface area is 86.6 Å². The van der Waals surface area contributed by atoms with Crippen LogP contribution in [0.15, 0.2) is 24.3 Å². The number of benzene rings is 1. The number of hydrogen-bond donors (Lipinski definition) is 2. The van der Waals surface area contributed by atoms with Gasteiger partial charge in [0.15, 0.2) is 0 Å². The van der Waals surface area contributed by atoms with Gasteiger partial charge in [-0.25, -0.2) is 4.79 Å². The van der Waals surface area contributed by atoms with E-state index in [1.165, 1.54) is 4.90 Å². The van der Waals surface area contributed by atoms with Gasteiger partial charge in [-0.05, 0) is 11.1 Å². The second kappa shape index (κ2) is 3.27. The number of nitrogens with two attached hydrogens (primary N) is 2. The molecule has 4 N–H and O–H groups in total. The minimum Gasteiger partial charge on any atom is -0.368 e. The molecule has 0 radical (unpaired) electrons. The number of hydrogen-bond acceptors (Lipinski definition) is 2. The summed E-state index contributed by atoms with van der Waals surface area (Å²) in [6, 6.07) is 5.94. The fourth-order valence-electron chi connectivity index (χ4n) is 1.90. The highest BCUT2D eigenvalue weighted by Gasteiger charge is 2.35. The Balaban J connectivity index is 2.46. The van der Waals surface area contributed by atoms with E-state index in [4.69, 9.17) is 11.5 Å². The topological polar surface area (TPSA) is 89.4 Å². The molecule has 1 heterocycles. The summed E-state index contributed by atoms with van der Waals surface area (Å²) in [4.78, 5) is 23.6. The minimum absolute atomic E-state index is 0.346. The molecule has 5 heteroatoms. The summed E-state index contributed by atoms with van der Waals surface area (Å²) in [5.41, 5.74) is 12.1. The smallest absolute Gasteiger partial charge is 0.316 e. The molecule has 1 aliphatic heterocycles. The fourth-order valence-corrected chi connectivity index (χ4v) is 1.90. The van der Waals surface area contributed by atoms with Crippen molar-refractivity contribution in [1.82, 2.24) is 4.90 Å². The van der Waals surface area contributed by atoms with Crippen molar-refractivity contribution in [2.45, 2.75) is 12.6 Å². The lowest BCUT2D eigenvalue weighted by Gasteiger charge is -2.19. The summed E-state index contributed by atoms with van der Waals surface area (Å²) >= 11 is 0. The zero-order valence-corrected chi connectivity index (χ0v) is 8.01. The number of rotatable bonds is 1. The number of nitrogens with zero attached hydrogens (tertiary/aromatic N) is 1. The van der Waals surface area contributed by atoms with Crippen molar-refractivity contribution in [1.29, 1.82) is 0 Å². The number of primary amides is 2. The van der Waals surface area contributed by atoms with Gasteiger partial charge in [0.05, 0.1) is 0 Å². The highest BCUT2D eigenvalue weighted by Crippen LogP contribution is 2.32. The van der Waals surface area contributed by atoms with E-state index in [0.29, 0.717) is 6.54 Å². The van der Waals surface area contributed by atoms with Crippen LogP contribution in [0.1, 0.15) is 17.2 Å². The molecule has 78 valence electrons. The number of amides is 3. The number of carbonyl (C=O) groups is 2. The quantitative estimate of drug-likeness (QED) is 0.681. The minimum atomic E-state index is -0.723. The van der Waals surface area contributed by atoms with Crippen LogP contribution in [0.25, 0.3) is 0 Å². The SMILES string of the molecule is NC(=O)C1c2ccccc2CN1C(N)=O. The molecule has 0 saturated carbocycles. The van der Waals surface area contributed by atoms with Crippen LogP contribution in [-0.4, -0.2) is 16.8 Å².